The first-order valence-corrected chi connectivity index (χ1v) is 14.0. The molecule has 40 heavy (non-hydrogen) atoms. The van der Waals surface area contributed by atoms with Gasteiger partial charge in [-0.2, -0.15) is 0 Å². The SMILES string of the molecule is CCCOC(=O)CNC(=O)c1ccc(C(=O)NS(=O)(=O)c2ccc(CCNC(=O)c3ccc(Cl)cc3)cc2)cn1. The molecule has 0 spiro atoms. The first-order chi connectivity index (χ1) is 19.1. The number of amides is 3. The predicted molar refractivity (Wildman–Crippen MR) is 146 cm³/mol. The molecule has 11 nitrogen and oxygen atoms in total. The number of aromatic nitrogens is 1. The van der Waals surface area contributed by atoms with Crippen LogP contribution < -0.4 is 15.4 Å². The largest absolute Gasteiger partial charge is 0.464 e. The summed E-state index contributed by atoms with van der Waals surface area (Å²) in [5.74, 6) is -2.44. The molecule has 3 amide bonds. The molecule has 0 radical (unpaired) electrons. The third kappa shape index (κ3) is 8.89. The Bertz CT molecular complexity index is 1460. The molecule has 2 aromatic carbocycles. The van der Waals surface area contributed by atoms with E-state index in [1.807, 2.05) is 11.6 Å². The van der Waals surface area contributed by atoms with Gasteiger partial charge in [-0.15, -0.1) is 0 Å². The minimum absolute atomic E-state index is 0.0670. The molecule has 0 fully saturated rings. The number of pyridine rings is 1. The Morgan fingerprint density at radius 1 is 0.850 bits per heavy atom. The van der Waals surface area contributed by atoms with Crippen molar-refractivity contribution >= 4 is 45.3 Å². The second-order valence-corrected chi connectivity index (χ2v) is 10.5. The Kier molecular flexibility index (Phi) is 10.7. The molecule has 0 aliphatic carbocycles. The zero-order chi connectivity index (χ0) is 29.1. The van der Waals surface area contributed by atoms with E-state index in [1.54, 1.807) is 36.4 Å². The van der Waals surface area contributed by atoms with Crippen LogP contribution in [0.25, 0.3) is 0 Å². The predicted octanol–water partition coefficient (Wildman–Crippen LogP) is 2.51. The molecule has 0 bridgehead atoms. The molecule has 0 unspecified atom stereocenters. The van der Waals surface area contributed by atoms with Crippen molar-refractivity contribution in [3.63, 3.8) is 0 Å². The molecule has 1 aromatic heterocycles. The van der Waals surface area contributed by atoms with Gasteiger partial charge in [0, 0.05) is 23.3 Å². The maximum Gasteiger partial charge on any atom is 0.325 e. The third-order valence-corrected chi connectivity index (χ3v) is 6.98. The van der Waals surface area contributed by atoms with Gasteiger partial charge in [-0.3, -0.25) is 24.2 Å². The normalized spacial score (nSPS) is 10.8. The first-order valence-electron chi connectivity index (χ1n) is 12.2. The quantitative estimate of drug-likeness (QED) is 0.273. The van der Waals surface area contributed by atoms with Crippen LogP contribution in [0, 0.1) is 0 Å². The van der Waals surface area contributed by atoms with E-state index >= 15 is 0 Å². The van der Waals surface area contributed by atoms with Gasteiger partial charge >= 0.3 is 5.97 Å². The van der Waals surface area contributed by atoms with Crippen LogP contribution in [-0.4, -0.2) is 56.8 Å². The van der Waals surface area contributed by atoms with Crippen LogP contribution in [-0.2, 0) is 26.0 Å². The summed E-state index contributed by atoms with van der Waals surface area (Å²) in [6, 6.07) is 14.8. The summed E-state index contributed by atoms with van der Waals surface area (Å²) in [6.45, 7) is 2.08. The van der Waals surface area contributed by atoms with E-state index in [4.69, 9.17) is 16.3 Å². The number of hydrogen-bond acceptors (Lipinski definition) is 8. The Morgan fingerprint density at radius 3 is 2.15 bits per heavy atom. The highest BCUT2D eigenvalue weighted by molar-refractivity contribution is 7.90. The molecular formula is C27H27ClN4O7S. The number of halogens is 1. The van der Waals surface area contributed by atoms with Gasteiger partial charge < -0.3 is 15.4 Å². The van der Waals surface area contributed by atoms with Crippen molar-refractivity contribution in [2.75, 3.05) is 19.7 Å². The minimum Gasteiger partial charge on any atom is -0.464 e. The average molecular weight is 587 g/mol. The van der Waals surface area contributed by atoms with Crippen LogP contribution in [0.15, 0.2) is 71.8 Å². The van der Waals surface area contributed by atoms with Gasteiger partial charge in [0.2, 0.25) is 0 Å². The molecule has 1 heterocycles. The Morgan fingerprint density at radius 2 is 1.52 bits per heavy atom. The highest BCUT2D eigenvalue weighted by Gasteiger charge is 2.20. The molecule has 0 aliphatic heterocycles. The van der Waals surface area contributed by atoms with Crippen molar-refractivity contribution in [1.29, 1.82) is 0 Å². The highest BCUT2D eigenvalue weighted by Crippen LogP contribution is 2.13. The molecule has 0 atom stereocenters. The summed E-state index contributed by atoms with van der Waals surface area (Å²) in [4.78, 5) is 52.0. The minimum atomic E-state index is -4.19. The van der Waals surface area contributed by atoms with E-state index in [9.17, 15) is 27.6 Å². The fourth-order valence-electron chi connectivity index (χ4n) is 3.27. The van der Waals surface area contributed by atoms with E-state index in [0.29, 0.717) is 30.0 Å². The average Bonchev–Trinajstić information content (AvgIpc) is 2.95. The molecule has 0 saturated carbocycles. The zero-order valence-corrected chi connectivity index (χ0v) is 23.0. The molecule has 13 heteroatoms. The molecule has 3 N–H and O–H groups in total. The molecule has 0 aliphatic rings. The number of rotatable bonds is 12. The maximum atomic E-state index is 12.7. The summed E-state index contributed by atoms with van der Waals surface area (Å²) < 4.78 is 32.2. The van der Waals surface area contributed by atoms with Crippen LogP contribution in [0.3, 0.4) is 0 Å². The van der Waals surface area contributed by atoms with E-state index in [1.165, 1.54) is 24.3 Å². The second kappa shape index (κ2) is 14.2. The molecule has 0 saturated heterocycles. The zero-order valence-electron chi connectivity index (χ0n) is 21.5. The monoisotopic (exact) mass is 586 g/mol. The summed E-state index contributed by atoms with van der Waals surface area (Å²) in [5, 5.41) is 5.66. The van der Waals surface area contributed by atoms with Crippen molar-refractivity contribution in [3.8, 4) is 0 Å². The van der Waals surface area contributed by atoms with E-state index in [-0.39, 0.29) is 35.2 Å². The highest BCUT2D eigenvalue weighted by atomic mass is 35.5. The van der Waals surface area contributed by atoms with Gasteiger partial charge in [0.1, 0.15) is 12.2 Å². The number of carbonyl (C=O) groups excluding carboxylic acids is 4. The van der Waals surface area contributed by atoms with Crippen LogP contribution in [0.2, 0.25) is 5.02 Å². The maximum absolute atomic E-state index is 12.7. The molecule has 3 rings (SSSR count). The lowest BCUT2D eigenvalue weighted by Crippen LogP contribution is -2.32. The fraction of sp³-hybridized carbons (Fsp3) is 0.222. The Hall–Kier alpha value is -4.29. The Labute approximate surface area is 236 Å². The van der Waals surface area contributed by atoms with Crippen molar-refractivity contribution in [2.45, 2.75) is 24.7 Å². The Balaban J connectivity index is 1.50. The summed E-state index contributed by atoms with van der Waals surface area (Å²) >= 11 is 5.82. The number of nitrogens with zero attached hydrogens (tertiary/aromatic N) is 1. The smallest absolute Gasteiger partial charge is 0.325 e. The van der Waals surface area contributed by atoms with E-state index < -0.39 is 27.8 Å². The second-order valence-electron chi connectivity index (χ2n) is 8.43. The lowest BCUT2D eigenvalue weighted by molar-refractivity contribution is -0.142. The van der Waals surface area contributed by atoms with Crippen molar-refractivity contribution in [2.24, 2.45) is 0 Å². The molecular weight excluding hydrogens is 560 g/mol. The number of benzene rings is 2. The van der Waals surface area contributed by atoms with Gasteiger partial charge in [0.15, 0.2) is 0 Å². The van der Waals surface area contributed by atoms with Crippen molar-refractivity contribution < 1.29 is 32.3 Å². The summed E-state index contributed by atoms with van der Waals surface area (Å²) in [7, 11) is -4.19. The molecule has 3 aromatic rings. The van der Waals surface area contributed by atoms with Gasteiger partial charge in [-0.1, -0.05) is 30.7 Å². The number of hydrogen-bond donors (Lipinski definition) is 3. The van der Waals surface area contributed by atoms with Crippen LogP contribution in [0.5, 0.6) is 0 Å². The van der Waals surface area contributed by atoms with Gasteiger partial charge in [-0.25, -0.2) is 13.1 Å². The van der Waals surface area contributed by atoms with Crippen LogP contribution in [0.4, 0.5) is 0 Å². The van der Waals surface area contributed by atoms with E-state index in [0.717, 1.165) is 11.8 Å². The fourth-order valence-corrected chi connectivity index (χ4v) is 4.37. The number of esters is 1. The topological polar surface area (TPSA) is 161 Å². The number of carbonyl (C=O) groups is 4. The summed E-state index contributed by atoms with van der Waals surface area (Å²) in [5.41, 5.74) is 1.09. The van der Waals surface area contributed by atoms with Gasteiger partial charge in [0.25, 0.3) is 27.7 Å². The van der Waals surface area contributed by atoms with Gasteiger partial charge in [0.05, 0.1) is 17.1 Å². The van der Waals surface area contributed by atoms with Crippen LogP contribution in [0.1, 0.15) is 50.1 Å². The van der Waals surface area contributed by atoms with E-state index in [2.05, 4.69) is 15.6 Å². The van der Waals surface area contributed by atoms with Crippen LogP contribution >= 0.6 is 11.6 Å². The standard InChI is InChI=1S/C27H27ClN4O7S/c1-2-15-39-24(33)17-31-27(36)23-12-7-20(16-30-23)26(35)32-40(37,38)22-10-3-18(4-11-22)13-14-29-25(34)19-5-8-21(28)9-6-19/h3-12,16H,2,13-15,17H2,1H3,(H,29,34)(H,31,36)(H,32,35). The number of ether oxygens (including phenoxy) is 1. The number of sulfonamides is 1. The third-order valence-electron chi connectivity index (χ3n) is 5.39. The molecule has 210 valence electrons. The van der Waals surface area contributed by atoms with Crippen molar-refractivity contribution in [3.05, 3.63) is 94.3 Å². The number of nitrogens with one attached hydrogen (secondary N) is 3. The lowest BCUT2D eigenvalue weighted by atomic mass is 10.1. The lowest BCUT2D eigenvalue weighted by Gasteiger charge is -2.09. The van der Waals surface area contributed by atoms with Crippen molar-refractivity contribution in [1.82, 2.24) is 20.3 Å². The van der Waals surface area contributed by atoms with Gasteiger partial charge in [-0.05, 0) is 66.9 Å². The summed E-state index contributed by atoms with van der Waals surface area (Å²) in [6.07, 6.45) is 2.16. The first kappa shape index (κ1) is 30.3.